The van der Waals surface area contributed by atoms with Gasteiger partial charge in [-0.05, 0) is 41.3 Å². The van der Waals surface area contributed by atoms with Gasteiger partial charge in [0.15, 0.2) is 0 Å². The van der Waals surface area contributed by atoms with Gasteiger partial charge < -0.3 is 15.8 Å². The molecule has 0 saturated heterocycles. The van der Waals surface area contributed by atoms with Crippen LogP contribution in [0, 0.1) is 0 Å². The molecule has 0 aliphatic heterocycles. The molecule has 0 aliphatic carbocycles. The Balaban J connectivity index is 1.54. The number of ether oxygens (including phenoxy) is 1. The summed E-state index contributed by atoms with van der Waals surface area (Å²) in [5, 5.41) is 3.82. The van der Waals surface area contributed by atoms with Gasteiger partial charge in [-0.2, -0.15) is 0 Å². The van der Waals surface area contributed by atoms with E-state index in [1.807, 2.05) is 78.9 Å². The third-order valence-electron chi connectivity index (χ3n) is 5.92. The number of amides is 1. The number of nitrogens with one attached hydrogen (secondary N) is 1. The number of nitrogens with zero attached hydrogens (tertiary/aromatic N) is 1. The van der Waals surface area contributed by atoms with Crippen LogP contribution in [0.3, 0.4) is 0 Å². The van der Waals surface area contributed by atoms with Gasteiger partial charge in [-0.1, -0.05) is 72.8 Å². The summed E-state index contributed by atoms with van der Waals surface area (Å²) in [6, 6.07) is 30.0. The lowest BCUT2D eigenvalue weighted by Gasteiger charge is -2.10. The monoisotopic (exact) mass is 479 g/mol. The van der Waals surface area contributed by atoms with Crippen molar-refractivity contribution in [3.63, 3.8) is 0 Å². The van der Waals surface area contributed by atoms with E-state index < -0.39 is 0 Å². The van der Waals surface area contributed by atoms with Crippen molar-refractivity contribution in [3.05, 3.63) is 101 Å². The predicted octanol–water partition coefficient (Wildman–Crippen LogP) is 6.19. The summed E-state index contributed by atoms with van der Waals surface area (Å²) in [6.45, 7) is 0.532. The fourth-order valence-corrected chi connectivity index (χ4v) is 5.13. The highest BCUT2D eigenvalue weighted by atomic mass is 32.1. The second-order valence-electron chi connectivity index (χ2n) is 8.17. The van der Waals surface area contributed by atoms with Crippen molar-refractivity contribution in [1.82, 2.24) is 10.3 Å². The summed E-state index contributed by atoms with van der Waals surface area (Å²) >= 11 is 1.33. The lowest BCUT2D eigenvalue weighted by atomic mass is 9.99. The maximum absolute atomic E-state index is 13.1. The Kier molecular flexibility index (Phi) is 6.46. The number of hydrogen-bond acceptors (Lipinski definition) is 5. The van der Waals surface area contributed by atoms with Gasteiger partial charge >= 0.3 is 0 Å². The van der Waals surface area contributed by atoms with Crippen LogP contribution in [0.15, 0.2) is 91.0 Å². The van der Waals surface area contributed by atoms with Crippen LogP contribution in [0.2, 0.25) is 0 Å². The largest absolute Gasteiger partial charge is 0.497 e. The normalized spacial score (nSPS) is 10.9. The number of benzene rings is 3. The second kappa shape index (κ2) is 9.99. The topological polar surface area (TPSA) is 77.2 Å². The molecule has 3 aromatic carbocycles. The smallest absolute Gasteiger partial charge is 0.263 e. The number of methoxy groups -OCH3 is 1. The van der Waals surface area contributed by atoms with Gasteiger partial charge in [0.05, 0.1) is 18.5 Å². The van der Waals surface area contributed by atoms with E-state index in [-0.39, 0.29) is 5.91 Å². The van der Waals surface area contributed by atoms with Crippen LogP contribution in [-0.2, 0) is 6.42 Å². The van der Waals surface area contributed by atoms with E-state index in [0.717, 1.165) is 44.8 Å². The lowest BCUT2D eigenvalue weighted by molar-refractivity contribution is 0.0959. The highest BCUT2D eigenvalue weighted by molar-refractivity contribution is 7.21. The zero-order chi connectivity index (χ0) is 24.2. The average molecular weight is 480 g/mol. The molecule has 2 heterocycles. The summed E-state index contributed by atoms with van der Waals surface area (Å²) in [5.41, 5.74) is 12.0. The molecule has 2 aromatic heterocycles. The highest BCUT2D eigenvalue weighted by Gasteiger charge is 2.21. The van der Waals surface area contributed by atoms with E-state index in [2.05, 4.69) is 17.4 Å². The van der Waals surface area contributed by atoms with Crippen molar-refractivity contribution in [2.45, 2.75) is 6.42 Å². The number of thiophene rings is 1. The summed E-state index contributed by atoms with van der Waals surface area (Å²) in [4.78, 5) is 19.2. The Morgan fingerprint density at radius 1 is 0.943 bits per heavy atom. The van der Waals surface area contributed by atoms with Crippen LogP contribution in [0.4, 0.5) is 5.69 Å². The molecular formula is C29H25N3O2S. The number of carbonyl (C=O) groups excluding carboxylic acids is 1. The first-order valence-electron chi connectivity index (χ1n) is 11.4. The Bertz CT molecular complexity index is 1460. The van der Waals surface area contributed by atoms with E-state index in [1.54, 1.807) is 7.11 Å². The quantitative estimate of drug-likeness (QED) is 0.292. The van der Waals surface area contributed by atoms with Crippen molar-refractivity contribution < 1.29 is 9.53 Å². The van der Waals surface area contributed by atoms with Crippen molar-refractivity contribution in [2.24, 2.45) is 0 Å². The highest BCUT2D eigenvalue weighted by Crippen LogP contribution is 2.41. The van der Waals surface area contributed by atoms with Gasteiger partial charge in [0.2, 0.25) is 0 Å². The van der Waals surface area contributed by atoms with Crippen LogP contribution in [-0.4, -0.2) is 24.5 Å². The van der Waals surface area contributed by atoms with Gasteiger partial charge in [-0.25, -0.2) is 4.98 Å². The van der Waals surface area contributed by atoms with E-state index in [4.69, 9.17) is 15.5 Å². The predicted molar refractivity (Wildman–Crippen MR) is 144 cm³/mol. The molecule has 0 saturated carbocycles. The Morgan fingerprint density at radius 3 is 2.31 bits per heavy atom. The first-order valence-corrected chi connectivity index (χ1v) is 12.2. The minimum absolute atomic E-state index is 0.177. The zero-order valence-electron chi connectivity index (χ0n) is 19.3. The molecule has 0 atom stereocenters. The molecule has 0 unspecified atom stereocenters. The zero-order valence-corrected chi connectivity index (χ0v) is 20.1. The molecule has 1 amide bonds. The van der Waals surface area contributed by atoms with E-state index >= 15 is 0 Å². The SMILES string of the molecule is COc1ccc(-c2cc(-c3ccccc3)nc3sc(C(=O)NCCc4ccccc4)c(N)c23)cc1. The third-order valence-corrected chi connectivity index (χ3v) is 7.02. The Labute approximate surface area is 208 Å². The summed E-state index contributed by atoms with van der Waals surface area (Å²) in [6.07, 6.45) is 0.755. The third kappa shape index (κ3) is 4.74. The number of nitrogens with two attached hydrogens (primary N) is 1. The molecule has 6 heteroatoms. The number of nitrogen functional groups attached to an aromatic ring is 1. The second-order valence-corrected chi connectivity index (χ2v) is 9.17. The molecule has 0 radical (unpaired) electrons. The number of pyridine rings is 1. The van der Waals surface area contributed by atoms with Crippen LogP contribution < -0.4 is 15.8 Å². The number of fused-ring (bicyclic) bond motifs is 1. The van der Waals surface area contributed by atoms with Crippen molar-refractivity contribution in [2.75, 3.05) is 19.4 Å². The van der Waals surface area contributed by atoms with E-state index in [1.165, 1.54) is 16.9 Å². The standard InChI is InChI=1S/C29H25N3O2S/c1-34-22-14-12-20(13-15-22)23-18-24(21-10-6-3-7-11-21)32-29-25(23)26(30)27(35-29)28(33)31-17-16-19-8-4-2-5-9-19/h2-15,18H,16-17,30H2,1H3,(H,31,33). The molecule has 0 fully saturated rings. The van der Waals surface area contributed by atoms with Crippen LogP contribution >= 0.6 is 11.3 Å². The summed E-state index contributed by atoms with van der Waals surface area (Å²) in [7, 11) is 1.65. The van der Waals surface area contributed by atoms with Gasteiger partial charge in [0.25, 0.3) is 5.91 Å². The summed E-state index contributed by atoms with van der Waals surface area (Å²) < 4.78 is 5.33. The van der Waals surface area contributed by atoms with Crippen molar-refractivity contribution >= 4 is 33.1 Å². The summed E-state index contributed by atoms with van der Waals surface area (Å²) in [5.74, 6) is 0.600. The first-order chi connectivity index (χ1) is 17.1. The number of anilines is 1. The molecule has 35 heavy (non-hydrogen) atoms. The van der Waals surface area contributed by atoms with Crippen LogP contribution in [0.25, 0.3) is 32.6 Å². The minimum Gasteiger partial charge on any atom is -0.497 e. The first kappa shape index (κ1) is 22.6. The average Bonchev–Trinajstić information content (AvgIpc) is 3.25. The van der Waals surface area contributed by atoms with Crippen molar-refractivity contribution in [1.29, 1.82) is 0 Å². The fraction of sp³-hybridized carbons (Fsp3) is 0.103. The van der Waals surface area contributed by atoms with E-state index in [0.29, 0.717) is 17.1 Å². The Hall–Kier alpha value is -4.16. The van der Waals surface area contributed by atoms with Crippen LogP contribution in [0.5, 0.6) is 5.75 Å². The van der Waals surface area contributed by atoms with Gasteiger partial charge in [0, 0.05) is 17.5 Å². The van der Waals surface area contributed by atoms with Crippen molar-refractivity contribution in [3.8, 4) is 28.1 Å². The maximum atomic E-state index is 13.1. The number of rotatable bonds is 7. The Morgan fingerprint density at radius 2 is 1.63 bits per heavy atom. The molecule has 0 spiro atoms. The molecular weight excluding hydrogens is 454 g/mol. The molecule has 0 aliphatic rings. The lowest BCUT2D eigenvalue weighted by Crippen LogP contribution is -2.25. The van der Waals surface area contributed by atoms with Gasteiger partial charge in [0.1, 0.15) is 15.5 Å². The van der Waals surface area contributed by atoms with E-state index in [9.17, 15) is 4.79 Å². The molecule has 5 aromatic rings. The molecule has 5 nitrogen and oxygen atoms in total. The molecule has 0 bridgehead atoms. The van der Waals surface area contributed by atoms with Gasteiger partial charge in [-0.3, -0.25) is 4.79 Å². The van der Waals surface area contributed by atoms with Crippen LogP contribution in [0.1, 0.15) is 15.2 Å². The number of hydrogen-bond donors (Lipinski definition) is 2. The molecule has 3 N–H and O–H groups in total. The fourth-order valence-electron chi connectivity index (χ4n) is 4.09. The molecule has 5 rings (SSSR count). The molecule has 174 valence electrons. The maximum Gasteiger partial charge on any atom is 0.263 e. The number of carbonyl (C=O) groups is 1. The minimum atomic E-state index is -0.177. The van der Waals surface area contributed by atoms with Gasteiger partial charge in [-0.15, -0.1) is 11.3 Å². The number of aromatic nitrogens is 1.